The van der Waals surface area contributed by atoms with E-state index in [1.165, 1.54) is 0 Å². The fourth-order valence-electron chi connectivity index (χ4n) is 1.63. The van der Waals surface area contributed by atoms with Crippen LogP contribution in [0.1, 0.15) is 0 Å². The van der Waals surface area contributed by atoms with Crippen molar-refractivity contribution in [3.05, 3.63) is 53.0 Å². The van der Waals surface area contributed by atoms with Crippen LogP contribution in [0.4, 0.5) is 11.4 Å². The molecule has 4 nitrogen and oxygen atoms in total. The molecule has 0 aliphatic heterocycles. The van der Waals surface area contributed by atoms with Crippen LogP contribution >= 0.6 is 27.7 Å². The van der Waals surface area contributed by atoms with Crippen LogP contribution in [-0.4, -0.2) is 18.1 Å². The highest BCUT2D eigenvalue weighted by atomic mass is 79.9. The molecule has 0 radical (unpaired) electrons. The number of rotatable bonds is 3. The third kappa shape index (κ3) is 4.34. The van der Waals surface area contributed by atoms with Gasteiger partial charge < -0.3 is 10.6 Å². The van der Waals surface area contributed by atoms with Crippen LogP contribution in [0.3, 0.4) is 0 Å². The summed E-state index contributed by atoms with van der Waals surface area (Å²) in [7, 11) is 0. The highest BCUT2D eigenvalue weighted by Gasteiger charge is 2.15. The standard InChI is InChI=1S/C15H13BrN2O2S/c1-21-11-6-4-5-10(9-11)17-14(19)15(20)18-13-8-3-2-7-12(13)16/h2-9H,1H3,(H,17,19)(H,18,20). The van der Waals surface area contributed by atoms with Gasteiger partial charge in [-0.25, -0.2) is 0 Å². The number of anilines is 2. The Morgan fingerprint density at radius 1 is 1.00 bits per heavy atom. The van der Waals surface area contributed by atoms with Crippen molar-refractivity contribution in [2.45, 2.75) is 4.90 Å². The number of hydrogen-bond acceptors (Lipinski definition) is 3. The Morgan fingerprint density at radius 2 is 1.71 bits per heavy atom. The number of benzene rings is 2. The van der Waals surface area contributed by atoms with E-state index >= 15 is 0 Å². The van der Waals surface area contributed by atoms with Gasteiger partial charge in [-0.05, 0) is 52.5 Å². The Hall–Kier alpha value is -1.79. The molecule has 2 amide bonds. The minimum Gasteiger partial charge on any atom is -0.318 e. The van der Waals surface area contributed by atoms with E-state index in [-0.39, 0.29) is 0 Å². The van der Waals surface area contributed by atoms with Crippen LogP contribution in [0.25, 0.3) is 0 Å². The minimum absolute atomic E-state index is 0.551. The van der Waals surface area contributed by atoms with Gasteiger partial charge >= 0.3 is 11.8 Å². The van der Waals surface area contributed by atoms with E-state index in [9.17, 15) is 9.59 Å². The van der Waals surface area contributed by atoms with Gasteiger partial charge in [0.2, 0.25) is 0 Å². The summed E-state index contributed by atoms with van der Waals surface area (Å²) in [6.07, 6.45) is 1.95. The molecule has 0 aliphatic rings. The monoisotopic (exact) mass is 364 g/mol. The molecule has 6 heteroatoms. The highest BCUT2D eigenvalue weighted by Crippen LogP contribution is 2.21. The first-order valence-corrected chi connectivity index (χ1v) is 8.13. The Balaban J connectivity index is 2.03. The van der Waals surface area contributed by atoms with E-state index < -0.39 is 11.8 Å². The second-order valence-electron chi connectivity index (χ2n) is 4.12. The van der Waals surface area contributed by atoms with E-state index in [1.54, 1.807) is 36.0 Å². The van der Waals surface area contributed by atoms with Gasteiger partial charge in [-0.15, -0.1) is 11.8 Å². The van der Waals surface area contributed by atoms with Crippen molar-refractivity contribution in [1.29, 1.82) is 0 Å². The summed E-state index contributed by atoms with van der Waals surface area (Å²) >= 11 is 4.88. The van der Waals surface area contributed by atoms with Gasteiger partial charge in [-0.2, -0.15) is 0 Å². The Labute approximate surface area is 135 Å². The number of thioether (sulfide) groups is 1. The van der Waals surface area contributed by atoms with E-state index in [4.69, 9.17) is 0 Å². The number of para-hydroxylation sites is 1. The van der Waals surface area contributed by atoms with Gasteiger partial charge in [0.25, 0.3) is 0 Å². The smallest absolute Gasteiger partial charge is 0.314 e. The quantitative estimate of drug-likeness (QED) is 0.644. The Morgan fingerprint density at radius 3 is 2.43 bits per heavy atom. The molecule has 0 aliphatic carbocycles. The number of hydrogen-bond donors (Lipinski definition) is 2. The van der Waals surface area contributed by atoms with Crippen molar-refractivity contribution in [1.82, 2.24) is 0 Å². The second kappa shape index (κ2) is 7.28. The average Bonchev–Trinajstić information content (AvgIpc) is 2.49. The molecular weight excluding hydrogens is 352 g/mol. The predicted molar refractivity (Wildman–Crippen MR) is 89.6 cm³/mol. The molecule has 2 aromatic rings. The zero-order valence-corrected chi connectivity index (χ0v) is 13.6. The van der Waals surface area contributed by atoms with Crippen molar-refractivity contribution in [3.63, 3.8) is 0 Å². The molecule has 0 aromatic heterocycles. The van der Waals surface area contributed by atoms with Gasteiger partial charge in [-0.3, -0.25) is 9.59 Å². The lowest BCUT2D eigenvalue weighted by Crippen LogP contribution is -2.29. The van der Waals surface area contributed by atoms with Gasteiger partial charge in [0.1, 0.15) is 0 Å². The molecule has 108 valence electrons. The summed E-state index contributed by atoms with van der Waals surface area (Å²) in [4.78, 5) is 24.8. The van der Waals surface area contributed by atoms with Gasteiger partial charge in [0.05, 0.1) is 5.69 Å². The molecule has 0 heterocycles. The topological polar surface area (TPSA) is 58.2 Å². The van der Waals surface area contributed by atoms with Crippen molar-refractivity contribution >= 4 is 50.9 Å². The summed E-state index contributed by atoms with van der Waals surface area (Å²) in [6.45, 7) is 0. The molecule has 2 aromatic carbocycles. The number of carbonyl (C=O) groups excluding carboxylic acids is 2. The molecule has 21 heavy (non-hydrogen) atoms. The molecule has 0 saturated heterocycles. The van der Waals surface area contributed by atoms with Crippen molar-refractivity contribution in [2.75, 3.05) is 16.9 Å². The maximum Gasteiger partial charge on any atom is 0.314 e. The maximum absolute atomic E-state index is 11.9. The Kier molecular flexibility index (Phi) is 5.41. The lowest BCUT2D eigenvalue weighted by molar-refractivity contribution is -0.133. The lowest BCUT2D eigenvalue weighted by atomic mass is 10.3. The zero-order valence-electron chi connectivity index (χ0n) is 11.2. The van der Waals surface area contributed by atoms with Crippen LogP contribution < -0.4 is 10.6 Å². The predicted octanol–water partition coefficient (Wildman–Crippen LogP) is 3.75. The van der Waals surface area contributed by atoms with E-state index in [2.05, 4.69) is 26.6 Å². The maximum atomic E-state index is 11.9. The zero-order chi connectivity index (χ0) is 15.2. The molecule has 0 saturated carbocycles. The molecule has 0 bridgehead atoms. The molecule has 0 spiro atoms. The first kappa shape index (κ1) is 15.6. The number of halogens is 1. The fraction of sp³-hybridized carbons (Fsp3) is 0.0667. The largest absolute Gasteiger partial charge is 0.318 e. The summed E-state index contributed by atoms with van der Waals surface area (Å²) in [5, 5.41) is 5.13. The lowest BCUT2D eigenvalue weighted by Gasteiger charge is -2.08. The van der Waals surface area contributed by atoms with Crippen molar-refractivity contribution < 1.29 is 9.59 Å². The van der Waals surface area contributed by atoms with Gasteiger partial charge in [0, 0.05) is 15.1 Å². The SMILES string of the molecule is CSc1cccc(NC(=O)C(=O)Nc2ccccc2Br)c1. The van der Waals surface area contributed by atoms with E-state index in [1.807, 2.05) is 30.5 Å². The molecule has 2 rings (SSSR count). The van der Waals surface area contributed by atoms with Crippen LogP contribution in [0.15, 0.2) is 57.9 Å². The third-order valence-corrected chi connectivity index (χ3v) is 4.07. The second-order valence-corrected chi connectivity index (χ2v) is 5.85. The van der Waals surface area contributed by atoms with E-state index in [0.717, 1.165) is 9.37 Å². The normalized spacial score (nSPS) is 10.0. The molecule has 0 fully saturated rings. The van der Waals surface area contributed by atoms with Crippen LogP contribution in [0.2, 0.25) is 0 Å². The summed E-state index contributed by atoms with van der Waals surface area (Å²) in [6, 6.07) is 14.4. The molecule has 0 unspecified atom stereocenters. The number of amides is 2. The minimum atomic E-state index is -0.712. The summed E-state index contributed by atoms with van der Waals surface area (Å²) < 4.78 is 0.718. The molecule has 0 atom stereocenters. The summed E-state index contributed by atoms with van der Waals surface area (Å²) in [5.41, 5.74) is 1.14. The first-order chi connectivity index (χ1) is 10.1. The highest BCUT2D eigenvalue weighted by molar-refractivity contribution is 9.10. The number of nitrogens with one attached hydrogen (secondary N) is 2. The average molecular weight is 365 g/mol. The van der Waals surface area contributed by atoms with Gasteiger partial charge in [-0.1, -0.05) is 18.2 Å². The number of carbonyl (C=O) groups is 2. The van der Waals surface area contributed by atoms with Gasteiger partial charge in [0.15, 0.2) is 0 Å². The van der Waals surface area contributed by atoms with Crippen LogP contribution in [0.5, 0.6) is 0 Å². The Bertz CT molecular complexity index is 676. The van der Waals surface area contributed by atoms with Crippen molar-refractivity contribution in [2.24, 2.45) is 0 Å². The van der Waals surface area contributed by atoms with Crippen LogP contribution in [-0.2, 0) is 9.59 Å². The fourth-order valence-corrected chi connectivity index (χ4v) is 2.47. The molecule has 2 N–H and O–H groups in total. The molecular formula is C15H13BrN2O2S. The third-order valence-electron chi connectivity index (χ3n) is 2.66. The summed E-state index contributed by atoms with van der Waals surface area (Å²) in [5.74, 6) is -1.42. The van der Waals surface area contributed by atoms with E-state index in [0.29, 0.717) is 11.4 Å². The van der Waals surface area contributed by atoms with Crippen LogP contribution in [0, 0.1) is 0 Å². The van der Waals surface area contributed by atoms with Crippen molar-refractivity contribution in [3.8, 4) is 0 Å². The first-order valence-electron chi connectivity index (χ1n) is 6.11.